The molecule has 4 nitrogen and oxygen atoms in total. The molecular formula is C21H25N3O. The van der Waals surface area contributed by atoms with E-state index in [9.17, 15) is 4.79 Å². The summed E-state index contributed by atoms with van der Waals surface area (Å²) >= 11 is 0. The van der Waals surface area contributed by atoms with E-state index < -0.39 is 0 Å². The Balaban J connectivity index is 1.69. The Morgan fingerprint density at radius 1 is 0.960 bits per heavy atom. The summed E-state index contributed by atoms with van der Waals surface area (Å²) in [6, 6.07) is 20.1. The summed E-state index contributed by atoms with van der Waals surface area (Å²) in [5.74, 6) is -0.379. The second-order valence-electron chi connectivity index (χ2n) is 7.29. The number of carbonyl (C=O) groups excluding carboxylic acids is 1. The fourth-order valence-electron chi connectivity index (χ4n) is 4.54. The first kappa shape index (κ1) is 16.2. The molecule has 0 aliphatic carbocycles. The topological polar surface area (TPSA) is 49.6 Å². The molecule has 2 bridgehead atoms. The van der Waals surface area contributed by atoms with Crippen LogP contribution in [0, 0.1) is 0 Å². The Bertz CT molecular complexity index is 729. The predicted octanol–water partition coefficient (Wildman–Crippen LogP) is 3.55. The molecule has 2 aliphatic heterocycles. The number of amides is 1. The molecule has 0 saturated carbocycles. The minimum Gasteiger partial charge on any atom is -0.366 e. The molecule has 1 amide bonds. The summed E-state index contributed by atoms with van der Waals surface area (Å²) in [7, 11) is 2.27. The van der Waals surface area contributed by atoms with Crippen molar-refractivity contribution in [2.24, 2.45) is 5.73 Å². The molecule has 2 aromatic carbocycles. The third-order valence-corrected chi connectivity index (χ3v) is 5.90. The minimum atomic E-state index is -0.379. The zero-order valence-electron chi connectivity index (χ0n) is 14.6. The Morgan fingerprint density at radius 2 is 1.52 bits per heavy atom. The lowest BCUT2D eigenvalue weighted by atomic mass is 9.95. The SMILES string of the molecule is CN1C2CCC1CC(N(c1ccccc1)c1ccc(C(N)=O)cc1)C2. The number of hydrogen-bond donors (Lipinski definition) is 1. The maximum Gasteiger partial charge on any atom is 0.248 e. The molecule has 4 heteroatoms. The van der Waals surface area contributed by atoms with Crippen molar-refractivity contribution in [1.29, 1.82) is 0 Å². The van der Waals surface area contributed by atoms with Gasteiger partial charge in [-0.1, -0.05) is 18.2 Å². The number of piperidine rings is 1. The van der Waals surface area contributed by atoms with Crippen LogP contribution in [0.3, 0.4) is 0 Å². The highest BCUT2D eigenvalue weighted by atomic mass is 16.1. The molecule has 2 saturated heterocycles. The number of carbonyl (C=O) groups is 1. The van der Waals surface area contributed by atoms with Gasteiger partial charge in [-0.05, 0) is 69.1 Å². The van der Waals surface area contributed by atoms with Gasteiger partial charge in [0.2, 0.25) is 5.91 Å². The highest BCUT2D eigenvalue weighted by Gasteiger charge is 2.40. The van der Waals surface area contributed by atoms with Gasteiger partial charge in [0.15, 0.2) is 0 Å². The lowest BCUT2D eigenvalue weighted by Gasteiger charge is -2.43. The molecule has 2 heterocycles. The van der Waals surface area contributed by atoms with Crippen LogP contribution in [-0.4, -0.2) is 36.0 Å². The first-order chi connectivity index (χ1) is 12.1. The van der Waals surface area contributed by atoms with Crippen molar-refractivity contribution in [2.45, 2.75) is 43.8 Å². The van der Waals surface area contributed by atoms with Crippen LogP contribution in [0.1, 0.15) is 36.0 Å². The van der Waals surface area contributed by atoms with Crippen molar-refractivity contribution >= 4 is 17.3 Å². The monoisotopic (exact) mass is 335 g/mol. The third kappa shape index (κ3) is 3.02. The van der Waals surface area contributed by atoms with Gasteiger partial charge in [0, 0.05) is 35.1 Å². The number of anilines is 2. The molecule has 2 fully saturated rings. The number of para-hydroxylation sites is 1. The second kappa shape index (κ2) is 6.52. The molecule has 0 radical (unpaired) electrons. The van der Waals surface area contributed by atoms with Gasteiger partial charge in [0.1, 0.15) is 0 Å². The van der Waals surface area contributed by atoms with E-state index in [4.69, 9.17) is 5.73 Å². The molecule has 2 N–H and O–H groups in total. The number of nitrogens with two attached hydrogens (primary N) is 1. The van der Waals surface area contributed by atoms with E-state index in [1.807, 2.05) is 24.3 Å². The first-order valence-corrected chi connectivity index (χ1v) is 9.09. The third-order valence-electron chi connectivity index (χ3n) is 5.90. The fraction of sp³-hybridized carbons (Fsp3) is 0.381. The van der Waals surface area contributed by atoms with Gasteiger partial charge in [-0.2, -0.15) is 0 Å². The molecular weight excluding hydrogens is 310 g/mol. The molecule has 4 rings (SSSR count). The van der Waals surface area contributed by atoms with Crippen molar-refractivity contribution in [3.8, 4) is 0 Å². The predicted molar refractivity (Wildman–Crippen MR) is 101 cm³/mol. The molecule has 2 unspecified atom stereocenters. The van der Waals surface area contributed by atoms with E-state index >= 15 is 0 Å². The number of fused-ring (bicyclic) bond motifs is 2. The quantitative estimate of drug-likeness (QED) is 0.929. The van der Waals surface area contributed by atoms with Crippen LogP contribution in [0.4, 0.5) is 11.4 Å². The highest BCUT2D eigenvalue weighted by molar-refractivity contribution is 5.93. The van der Waals surface area contributed by atoms with E-state index in [1.54, 1.807) is 0 Å². The van der Waals surface area contributed by atoms with E-state index in [-0.39, 0.29) is 5.91 Å². The maximum atomic E-state index is 11.4. The van der Waals surface area contributed by atoms with E-state index in [1.165, 1.54) is 31.4 Å². The van der Waals surface area contributed by atoms with Crippen LogP contribution in [0.5, 0.6) is 0 Å². The molecule has 0 aromatic heterocycles. The Labute approximate surface area is 149 Å². The van der Waals surface area contributed by atoms with Crippen LogP contribution in [-0.2, 0) is 0 Å². The minimum absolute atomic E-state index is 0.379. The summed E-state index contributed by atoms with van der Waals surface area (Å²) in [6.45, 7) is 0. The highest BCUT2D eigenvalue weighted by Crippen LogP contribution is 2.40. The van der Waals surface area contributed by atoms with Crippen LogP contribution in [0.15, 0.2) is 54.6 Å². The van der Waals surface area contributed by atoms with Crippen molar-refractivity contribution in [1.82, 2.24) is 4.90 Å². The zero-order chi connectivity index (χ0) is 17.4. The number of benzene rings is 2. The standard InChI is InChI=1S/C21H25N3O/c1-23-18-11-12-19(23)14-20(13-18)24(16-5-3-2-4-6-16)17-9-7-15(8-10-17)21(22)25/h2-10,18-20H,11-14H2,1H3,(H2,22,25). The van der Waals surface area contributed by atoms with Gasteiger partial charge in [-0.25, -0.2) is 0 Å². The van der Waals surface area contributed by atoms with Crippen LogP contribution in [0.2, 0.25) is 0 Å². The van der Waals surface area contributed by atoms with Crippen LogP contribution < -0.4 is 10.6 Å². The van der Waals surface area contributed by atoms with Gasteiger partial charge >= 0.3 is 0 Å². The maximum absolute atomic E-state index is 11.4. The van der Waals surface area contributed by atoms with Gasteiger partial charge in [-0.15, -0.1) is 0 Å². The summed E-state index contributed by atoms with van der Waals surface area (Å²) in [4.78, 5) is 16.4. The summed E-state index contributed by atoms with van der Waals surface area (Å²) in [6.07, 6.45) is 4.97. The number of hydrogen-bond acceptors (Lipinski definition) is 3. The largest absolute Gasteiger partial charge is 0.366 e. The van der Waals surface area contributed by atoms with Gasteiger partial charge < -0.3 is 15.5 Å². The molecule has 2 aromatic rings. The van der Waals surface area contributed by atoms with Gasteiger partial charge in [0.25, 0.3) is 0 Å². The Morgan fingerprint density at radius 3 is 2.08 bits per heavy atom. The molecule has 25 heavy (non-hydrogen) atoms. The van der Waals surface area contributed by atoms with Crippen molar-refractivity contribution in [3.05, 3.63) is 60.2 Å². The van der Waals surface area contributed by atoms with Crippen molar-refractivity contribution in [2.75, 3.05) is 11.9 Å². The average molecular weight is 335 g/mol. The number of primary amides is 1. The summed E-state index contributed by atoms with van der Waals surface area (Å²) in [5.41, 5.74) is 8.29. The zero-order valence-corrected chi connectivity index (χ0v) is 14.6. The lowest BCUT2D eigenvalue weighted by molar-refractivity contribution is 0.100. The molecule has 130 valence electrons. The summed E-state index contributed by atoms with van der Waals surface area (Å²) < 4.78 is 0. The Kier molecular flexibility index (Phi) is 4.22. The normalized spacial score (nSPS) is 25.7. The number of nitrogens with zero attached hydrogens (tertiary/aromatic N) is 2. The van der Waals surface area contributed by atoms with Gasteiger partial charge in [-0.3, -0.25) is 4.79 Å². The first-order valence-electron chi connectivity index (χ1n) is 9.09. The van der Waals surface area contributed by atoms with Crippen molar-refractivity contribution < 1.29 is 4.79 Å². The number of rotatable bonds is 4. The van der Waals surface area contributed by atoms with E-state index in [0.29, 0.717) is 23.7 Å². The van der Waals surface area contributed by atoms with E-state index in [2.05, 4.69) is 47.2 Å². The van der Waals surface area contributed by atoms with Gasteiger partial charge in [0.05, 0.1) is 0 Å². The van der Waals surface area contributed by atoms with Crippen LogP contribution in [0.25, 0.3) is 0 Å². The molecule has 2 aliphatic rings. The lowest BCUT2D eigenvalue weighted by Crippen LogP contribution is -2.47. The fourth-order valence-corrected chi connectivity index (χ4v) is 4.54. The van der Waals surface area contributed by atoms with E-state index in [0.717, 1.165) is 5.69 Å². The molecule has 0 spiro atoms. The summed E-state index contributed by atoms with van der Waals surface area (Å²) in [5, 5.41) is 0. The Hall–Kier alpha value is -2.33. The van der Waals surface area contributed by atoms with Crippen LogP contribution >= 0.6 is 0 Å². The molecule has 2 atom stereocenters. The average Bonchev–Trinajstić information content (AvgIpc) is 2.84. The smallest absolute Gasteiger partial charge is 0.248 e. The second-order valence-corrected chi connectivity index (χ2v) is 7.29. The van der Waals surface area contributed by atoms with Crippen molar-refractivity contribution in [3.63, 3.8) is 0 Å².